The minimum atomic E-state index is -1.13. The summed E-state index contributed by atoms with van der Waals surface area (Å²) in [5.41, 5.74) is 1.03. The van der Waals surface area contributed by atoms with Crippen LogP contribution in [0, 0.1) is 5.82 Å². The van der Waals surface area contributed by atoms with Gasteiger partial charge in [-0.3, -0.25) is 0 Å². The number of aromatic nitrogens is 2. The van der Waals surface area contributed by atoms with E-state index in [4.69, 9.17) is 11.6 Å². The van der Waals surface area contributed by atoms with E-state index < -0.39 is 11.8 Å². The Morgan fingerprint density at radius 3 is 2.35 bits per heavy atom. The van der Waals surface area contributed by atoms with Crippen LogP contribution in [-0.2, 0) is 0 Å². The molecule has 0 aliphatic rings. The molecule has 2 aromatic rings. The van der Waals surface area contributed by atoms with Gasteiger partial charge >= 0.3 is 5.97 Å². The quantitative estimate of drug-likeness (QED) is 0.876. The highest BCUT2D eigenvalue weighted by Gasteiger charge is 2.22. The van der Waals surface area contributed by atoms with Crippen molar-refractivity contribution in [3.05, 3.63) is 46.6 Å². The molecule has 0 radical (unpaired) electrons. The largest absolute Gasteiger partial charge is 0.478 e. The van der Waals surface area contributed by atoms with Crippen LogP contribution in [0.15, 0.2) is 24.3 Å². The third kappa shape index (κ3) is 2.77. The molecule has 0 aliphatic heterocycles. The first kappa shape index (κ1) is 14.4. The van der Waals surface area contributed by atoms with Gasteiger partial charge in [0.25, 0.3) is 0 Å². The van der Waals surface area contributed by atoms with Crippen LogP contribution in [0.4, 0.5) is 4.39 Å². The number of carboxylic acid groups (broad SMARTS) is 1. The maximum atomic E-state index is 13.0. The summed E-state index contributed by atoms with van der Waals surface area (Å²) in [5, 5.41) is 9.38. The topological polar surface area (TPSA) is 63.1 Å². The van der Waals surface area contributed by atoms with E-state index >= 15 is 0 Å². The van der Waals surface area contributed by atoms with Crippen molar-refractivity contribution >= 4 is 17.6 Å². The molecule has 0 atom stereocenters. The highest BCUT2D eigenvalue weighted by molar-refractivity contribution is 6.28. The summed E-state index contributed by atoms with van der Waals surface area (Å²) in [7, 11) is 0. The first-order chi connectivity index (χ1) is 9.40. The summed E-state index contributed by atoms with van der Waals surface area (Å²) in [6.07, 6.45) is 0. The Kier molecular flexibility index (Phi) is 3.99. The van der Waals surface area contributed by atoms with Crippen LogP contribution in [0.1, 0.15) is 35.8 Å². The summed E-state index contributed by atoms with van der Waals surface area (Å²) in [4.78, 5) is 19.5. The van der Waals surface area contributed by atoms with Gasteiger partial charge < -0.3 is 5.11 Å². The number of carbonyl (C=O) groups is 1. The summed E-state index contributed by atoms with van der Waals surface area (Å²) in [5.74, 6) is -1.67. The van der Waals surface area contributed by atoms with Gasteiger partial charge in [-0.15, -0.1) is 0 Å². The lowest BCUT2D eigenvalue weighted by molar-refractivity contribution is 0.0695. The van der Waals surface area contributed by atoms with E-state index in [0.29, 0.717) is 11.3 Å². The fourth-order valence-electron chi connectivity index (χ4n) is 1.90. The van der Waals surface area contributed by atoms with Crippen molar-refractivity contribution in [3.63, 3.8) is 0 Å². The molecule has 4 nitrogen and oxygen atoms in total. The number of hydrogen-bond acceptors (Lipinski definition) is 3. The van der Waals surface area contributed by atoms with Gasteiger partial charge in [0.2, 0.25) is 5.28 Å². The lowest BCUT2D eigenvalue weighted by Gasteiger charge is -2.13. The molecule has 20 heavy (non-hydrogen) atoms. The molecule has 1 aromatic carbocycles. The average molecular weight is 295 g/mol. The number of halogens is 2. The zero-order chi connectivity index (χ0) is 14.9. The van der Waals surface area contributed by atoms with E-state index in [-0.39, 0.29) is 22.5 Å². The van der Waals surface area contributed by atoms with Crippen LogP contribution < -0.4 is 0 Å². The number of rotatable bonds is 3. The Bertz CT molecular complexity index is 657. The van der Waals surface area contributed by atoms with E-state index in [2.05, 4.69) is 9.97 Å². The number of benzene rings is 1. The predicted molar refractivity (Wildman–Crippen MR) is 73.5 cm³/mol. The van der Waals surface area contributed by atoms with Gasteiger partial charge in [0.1, 0.15) is 11.4 Å². The molecule has 0 spiro atoms. The van der Waals surface area contributed by atoms with E-state index in [1.54, 1.807) is 0 Å². The number of nitrogens with zero attached hydrogens (tertiary/aromatic N) is 2. The standard InChI is InChI=1S/C14H12ClFN2O2/c1-7(2)11-10(13(19)20)12(18-14(15)17-11)8-3-5-9(16)6-4-8/h3-7H,1-2H3,(H,19,20). The van der Waals surface area contributed by atoms with Gasteiger partial charge in [-0.1, -0.05) is 13.8 Å². The molecular weight excluding hydrogens is 283 g/mol. The Morgan fingerprint density at radius 1 is 1.25 bits per heavy atom. The zero-order valence-electron chi connectivity index (χ0n) is 10.9. The van der Waals surface area contributed by atoms with Crippen molar-refractivity contribution in [3.8, 4) is 11.3 Å². The Labute approximate surface area is 120 Å². The summed E-state index contributed by atoms with van der Waals surface area (Å²) in [6, 6.07) is 5.41. The number of aromatic carboxylic acids is 1. The smallest absolute Gasteiger partial charge is 0.339 e. The third-order valence-corrected chi connectivity index (χ3v) is 2.96. The van der Waals surface area contributed by atoms with E-state index in [0.717, 1.165) is 0 Å². The molecule has 1 heterocycles. The van der Waals surface area contributed by atoms with Gasteiger partial charge in [-0.2, -0.15) is 0 Å². The van der Waals surface area contributed by atoms with Gasteiger partial charge in [0, 0.05) is 5.56 Å². The molecule has 0 amide bonds. The van der Waals surface area contributed by atoms with Crippen molar-refractivity contribution < 1.29 is 14.3 Å². The lowest BCUT2D eigenvalue weighted by Crippen LogP contribution is -2.11. The van der Waals surface area contributed by atoms with E-state index in [9.17, 15) is 14.3 Å². The van der Waals surface area contributed by atoms with Crippen molar-refractivity contribution in [1.82, 2.24) is 9.97 Å². The van der Waals surface area contributed by atoms with Crippen molar-refractivity contribution in [2.24, 2.45) is 0 Å². The van der Waals surface area contributed by atoms with Crippen molar-refractivity contribution in [2.75, 3.05) is 0 Å². The zero-order valence-corrected chi connectivity index (χ0v) is 11.6. The van der Waals surface area contributed by atoms with Crippen LogP contribution in [0.2, 0.25) is 5.28 Å². The van der Waals surface area contributed by atoms with Crippen molar-refractivity contribution in [2.45, 2.75) is 19.8 Å². The van der Waals surface area contributed by atoms with Crippen LogP contribution in [0.5, 0.6) is 0 Å². The monoisotopic (exact) mass is 294 g/mol. The first-order valence-electron chi connectivity index (χ1n) is 5.96. The number of hydrogen-bond donors (Lipinski definition) is 1. The van der Waals surface area contributed by atoms with Crippen LogP contribution >= 0.6 is 11.6 Å². The molecule has 1 aromatic heterocycles. The van der Waals surface area contributed by atoms with Crippen LogP contribution in [-0.4, -0.2) is 21.0 Å². The molecule has 2 rings (SSSR count). The molecule has 0 saturated carbocycles. The predicted octanol–water partition coefficient (Wildman–Crippen LogP) is 3.76. The van der Waals surface area contributed by atoms with Gasteiger partial charge in [0.15, 0.2) is 0 Å². The van der Waals surface area contributed by atoms with Crippen LogP contribution in [0.25, 0.3) is 11.3 Å². The Balaban J connectivity index is 2.74. The fourth-order valence-corrected chi connectivity index (χ4v) is 2.07. The molecule has 0 unspecified atom stereocenters. The molecule has 104 valence electrons. The molecule has 0 saturated heterocycles. The molecule has 1 N–H and O–H groups in total. The lowest BCUT2D eigenvalue weighted by atomic mass is 9.99. The highest BCUT2D eigenvalue weighted by atomic mass is 35.5. The Hall–Kier alpha value is -2.01. The number of carboxylic acids is 1. The molecular formula is C14H12ClFN2O2. The molecule has 0 fully saturated rings. The fraction of sp³-hybridized carbons (Fsp3) is 0.214. The first-order valence-corrected chi connectivity index (χ1v) is 6.34. The van der Waals surface area contributed by atoms with E-state index in [1.807, 2.05) is 13.8 Å². The molecule has 6 heteroatoms. The second-order valence-corrected chi connectivity index (χ2v) is 4.91. The summed E-state index contributed by atoms with van der Waals surface area (Å²) < 4.78 is 13.0. The minimum Gasteiger partial charge on any atom is -0.478 e. The second-order valence-electron chi connectivity index (χ2n) is 4.57. The Morgan fingerprint density at radius 2 is 1.85 bits per heavy atom. The molecule has 0 bridgehead atoms. The van der Waals surface area contributed by atoms with Gasteiger partial charge in [-0.05, 0) is 41.8 Å². The van der Waals surface area contributed by atoms with Crippen LogP contribution in [0.3, 0.4) is 0 Å². The van der Waals surface area contributed by atoms with Gasteiger partial charge in [-0.25, -0.2) is 19.2 Å². The SMILES string of the molecule is CC(C)c1nc(Cl)nc(-c2ccc(F)cc2)c1C(=O)O. The minimum absolute atomic E-state index is 0.00370. The highest BCUT2D eigenvalue weighted by Crippen LogP contribution is 2.29. The maximum absolute atomic E-state index is 13.0. The van der Waals surface area contributed by atoms with Crippen molar-refractivity contribution in [1.29, 1.82) is 0 Å². The van der Waals surface area contributed by atoms with Gasteiger partial charge in [0.05, 0.1) is 11.4 Å². The maximum Gasteiger partial charge on any atom is 0.339 e. The second kappa shape index (κ2) is 5.54. The third-order valence-electron chi connectivity index (χ3n) is 2.79. The van der Waals surface area contributed by atoms with E-state index in [1.165, 1.54) is 24.3 Å². The summed E-state index contributed by atoms with van der Waals surface area (Å²) in [6.45, 7) is 3.64. The normalized spacial score (nSPS) is 10.8. The average Bonchev–Trinajstić information content (AvgIpc) is 2.38. The molecule has 0 aliphatic carbocycles. The summed E-state index contributed by atoms with van der Waals surface area (Å²) >= 11 is 5.86.